The molecule has 6 heteroatoms. The predicted octanol–water partition coefficient (Wildman–Crippen LogP) is 5.50. The molecule has 1 amide bonds. The van der Waals surface area contributed by atoms with Crippen molar-refractivity contribution in [3.05, 3.63) is 90.0 Å². The fourth-order valence-electron chi connectivity index (χ4n) is 4.93. The summed E-state index contributed by atoms with van der Waals surface area (Å²) in [5.74, 6) is 0.805. The van der Waals surface area contributed by atoms with Crippen LogP contribution < -0.4 is 9.64 Å². The Hall–Kier alpha value is -3.48. The second-order valence-electron chi connectivity index (χ2n) is 9.78. The van der Waals surface area contributed by atoms with Crippen LogP contribution in [0.1, 0.15) is 37.3 Å². The predicted molar refractivity (Wildman–Crippen MR) is 150 cm³/mol. The highest BCUT2D eigenvalue weighted by Crippen LogP contribution is 2.31. The molecule has 3 aromatic rings. The van der Waals surface area contributed by atoms with Crippen molar-refractivity contribution >= 4 is 23.0 Å². The highest BCUT2D eigenvalue weighted by atomic mass is 16.5. The zero-order valence-corrected chi connectivity index (χ0v) is 21.7. The molecule has 0 N–H and O–H groups in total. The van der Waals surface area contributed by atoms with Gasteiger partial charge in [0.2, 0.25) is 0 Å². The summed E-state index contributed by atoms with van der Waals surface area (Å²) in [6.07, 6.45) is 3.41. The fraction of sp³-hybridized carbons (Fsp3) is 0.355. The third-order valence-corrected chi connectivity index (χ3v) is 7.05. The number of aliphatic imine (C=N–C) groups is 1. The van der Waals surface area contributed by atoms with E-state index in [1.165, 1.54) is 18.4 Å². The molecule has 192 valence electrons. The Morgan fingerprint density at radius 2 is 1.51 bits per heavy atom. The van der Waals surface area contributed by atoms with Crippen LogP contribution in [-0.2, 0) is 11.3 Å². The van der Waals surface area contributed by atoms with Crippen molar-refractivity contribution in [1.29, 1.82) is 0 Å². The summed E-state index contributed by atoms with van der Waals surface area (Å²) >= 11 is 0. The molecule has 0 atom stereocenters. The summed E-state index contributed by atoms with van der Waals surface area (Å²) < 4.78 is 5.82. The van der Waals surface area contributed by atoms with Gasteiger partial charge in [0.1, 0.15) is 11.5 Å². The number of piperazine rings is 1. The number of unbranched alkanes of at least 4 members (excludes halogenated alkanes) is 2. The standard InChI is InChI=1S/C31H36N4O2/c1-2-3-9-22-37-27-16-14-26(15-17-27)32-30-28-12-7-8-13-29(28)35(31(30)36)24-34-20-18-33(19-21-34)23-25-10-5-4-6-11-25/h4-8,10-17H,2-3,9,18-24H2,1H3. The summed E-state index contributed by atoms with van der Waals surface area (Å²) in [7, 11) is 0. The third-order valence-electron chi connectivity index (χ3n) is 7.05. The molecule has 3 aromatic carbocycles. The van der Waals surface area contributed by atoms with Gasteiger partial charge in [-0.25, -0.2) is 4.99 Å². The number of carbonyl (C=O) groups excluding carboxylic acids is 1. The van der Waals surface area contributed by atoms with E-state index in [2.05, 4.69) is 47.1 Å². The van der Waals surface area contributed by atoms with Crippen molar-refractivity contribution < 1.29 is 9.53 Å². The van der Waals surface area contributed by atoms with Crippen LogP contribution in [0.4, 0.5) is 11.4 Å². The number of amides is 1. The van der Waals surface area contributed by atoms with Crippen LogP contribution in [0.5, 0.6) is 5.75 Å². The molecular formula is C31H36N4O2. The van der Waals surface area contributed by atoms with Crippen molar-refractivity contribution in [2.75, 3.05) is 44.4 Å². The summed E-state index contributed by atoms with van der Waals surface area (Å²) in [6.45, 7) is 8.32. The lowest BCUT2D eigenvalue weighted by molar-refractivity contribution is -0.112. The quantitative estimate of drug-likeness (QED) is 0.348. The van der Waals surface area contributed by atoms with Gasteiger partial charge in [-0.05, 0) is 42.3 Å². The van der Waals surface area contributed by atoms with Crippen LogP contribution in [0, 0.1) is 0 Å². The van der Waals surface area contributed by atoms with Crippen LogP contribution in [0.3, 0.4) is 0 Å². The average Bonchev–Trinajstić information content (AvgIpc) is 3.19. The van der Waals surface area contributed by atoms with E-state index >= 15 is 0 Å². The molecule has 0 saturated carbocycles. The molecule has 1 fully saturated rings. The number of carbonyl (C=O) groups is 1. The van der Waals surface area contributed by atoms with E-state index in [4.69, 9.17) is 9.73 Å². The van der Waals surface area contributed by atoms with Gasteiger partial charge in [-0.1, -0.05) is 68.3 Å². The molecule has 0 aromatic heterocycles. The third kappa shape index (κ3) is 6.27. The Bertz CT molecular complexity index is 1200. The maximum atomic E-state index is 13.5. The molecule has 0 spiro atoms. The zero-order valence-electron chi connectivity index (χ0n) is 21.7. The maximum absolute atomic E-state index is 13.5. The number of anilines is 1. The summed E-state index contributed by atoms with van der Waals surface area (Å²) in [5.41, 5.74) is 4.45. The van der Waals surface area contributed by atoms with Gasteiger partial charge in [0.15, 0.2) is 0 Å². The lowest BCUT2D eigenvalue weighted by atomic mass is 10.1. The van der Waals surface area contributed by atoms with Crippen molar-refractivity contribution in [2.45, 2.75) is 32.7 Å². The first-order valence-corrected chi connectivity index (χ1v) is 13.4. The Morgan fingerprint density at radius 3 is 2.27 bits per heavy atom. The normalized spacial score (nSPS) is 17.4. The number of rotatable bonds is 10. The number of benzene rings is 3. The lowest BCUT2D eigenvalue weighted by Crippen LogP contribution is -2.50. The van der Waals surface area contributed by atoms with Crippen molar-refractivity contribution in [3.8, 4) is 5.75 Å². The van der Waals surface area contributed by atoms with E-state index in [9.17, 15) is 4.79 Å². The number of ether oxygens (including phenoxy) is 1. The maximum Gasteiger partial charge on any atom is 0.278 e. The molecule has 2 heterocycles. The lowest BCUT2D eigenvalue weighted by Gasteiger charge is -2.36. The minimum atomic E-state index is -0.0344. The summed E-state index contributed by atoms with van der Waals surface area (Å²) in [6, 6.07) is 26.3. The van der Waals surface area contributed by atoms with Gasteiger partial charge in [-0.3, -0.25) is 19.5 Å². The highest BCUT2D eigenvalue weighted by molar-refractivity contribution is 6.54. The van der Waals surface area contributed by atoms with Crippen LogP contribution >= 0.6 is 0 Å². The van der Waals surface area contributed by atoms with E-state index < -0.39 is 0 Å². The zero-order chi connectivity index (χ0) is 25.5. The molecule has 1 saturated heterocycles. The Kier molecular flexibility index (Phi) is 8.28. The largest absolute Gasteiger partial charge is 0.494 e. The fourth-order valence-corrected chi connectivity index (χ4v) is 4.93. The van der Waals surface area contributed by atoms with Crippen LogP contribution in [-0.4, -0.2) is 60.9 Å². The number of hydrogen-bond donors (Lipinski definition) is 0. The number of nitrogens with zero attached hydrogens (tertiary/aromatic N) is 4. The summed E-state index contributed by atoms with van der Waals surface area (Å²) in [5, 5.41) is 0. The van der Waals surface area contributed by atoms with E-state index in [-0.39, 0.29) is 5.91 Å². The molecule has 0 aliphatic carbocycles. The van der Waals surface area contributed by atoms with E-state index in [0.717, 1.165) is 68.4 Å². The van der Waals surface area contributed by atoms with Crippen molar-refractivity contribution in [2.24, 2.45) is 4.99 Å². The van der Waals surface area contributed by atoms with Crippen LogP contribution in [0.15, 0.2) is 83.9 Å². The van der Waals surface area contributed by atoms with Gasteiger partial charge < -0.3 is 4.74 Å². The first-order valence-electron chi connectivity index (χ1n) is 13.4. The van der Waals surface area contributed by atoms with Crippen molar-refractivity contribution in [3.63, 3.8) is 0 Å². The molecule has 2 aliphatic heterocycles. The number of fused-ring (bicyclic) bond motifs is 1. The monoisotopic (exact) mass is 496 g/mol. The minimum absolute atomic E-state index is 0.0344. The van der Waals surface area contributed by atoms with Crippen LogP contribution in [0.25, 0.3) is 0 Å². The average molecular weight is 497 g/mol. The first kappa shape index (κ1) is 25.2. The van der Waals surface area contributed by atoms with Gasteiger partial charge in [0.05, 0.1) is 24.7 Å². The van der Waals surface area contributed by atoms with Gasteiger partial charge in [-0.15, -0.1) is 0 Å². The van der Waals surface area contributed by atoms with Gasteiger partial charge in [0, 0.05) is 38.3 Å². The Labute approximate surface area is 220 Å². The first-order chi connectivity index (χ1) is 18.2. The highest BCUT2D eigenvalue weighted by Gasteiger charge is 2.35. The topological polar surface area (TPSA) is 48.4 Å². The van der Waals surface area contributed by atoms with E-state index in [1.807, 2.05) is 53.4 Å². The summed E-state index contributed by atoms with van der Waals surface area (Å²) in [4.78, 5) is 25.1. The molecular weight excluding hydrogens is 460 g/mol. The van der Waals surface area contributed by atoms with Crippen LogP contribution in [0.2, 0.25) is 0 Å². The molecule has 5 rings (SSSR count). The smallest absolute Gasteiger partial charge is 0.278 e. The van der Waals surface area contributed by atoms with Gasteiger partial charge >= 0.3 is 0 Å². The van der Waals surface area contributed by atoms with Gasteiger partial charge in [-0.2, -0.15) is 0 Å². The molecule has 2 aliphatic rings. The Balaban J connectivity index is 1.23. The number of hydrogen-bond acceptors (Lipinski definition) is 5. The SMILES string of the molecule is CCCCCOc1ccc(N=C2C(=O)N(CN3CCN(Cc4ccccc4)CC3)c3ccccc32)cc1. The Morgan fingerprint density at radius 1 is 0.811 bits per heavy atom. The van der Waals surface area contributed by atoms with Gasteiger partial charge in [0.25, 0.3) is 5.91 Å². The molecule has 37 heavy (non-hydrogen) atoms. The number of para-hydroxylation sites is 1. The molecule has 0 radical (unpaired) electrons. The second kappa shape index (κ2) is 12.2. The van der Waals surface area contributed by atoms with E-state index in [1.54, 1.807) is 0 Å². The molecule has 0 unspecified atom stereocenters. The minimum Gasteiger partial charge on any atom is -0.494 e. The van der Waals surface area contributed by atoms with E-state index in [0.29, 0.717) is 12.4 Å². The van der Waals surface area contributed by atoms with Crippen molar-refractivity contribution in [1.82, 2.24) is 9.80 Å². The molecule has 0 bridgehead atoms. The molecule has 6 nitrogen and oxygen atoms in total. The second-order valence-corrected chi connectivity index (χ2v) is 9.78.